The van der Waals surface area contributed by atoms with Gasteiger partial charge >= 0.3 is 5.69 Å². The Hall–Kier alpha value is -2.26. The minimum Gasteiger partial charge on any atom is -0.430 e. The van der Waals surface area contributed by atoms with E-state index in [-0.39, 0.29) is 17.3 Å². The van der Waals surface area contributed by atoms with Crippen LogP contribution in [0, 0.1) is 17.0 Å². The lowest BCUT2D eigenvalue weighted by Gasteiger charge is -2.09. The van der Waals surface area contributed by atoms with Crippen molar-refractivity contribution in [2.24, 2.45) is 5.84 Å². The summed E-state index contributed by atoms with van der Waals surface area (Å²) in [4.78, 5) is 18.4. The van der Waals surface area contributed by atoms with Gasteiger partial charge in [0.1, 0.15) is 10.8 Å². The monoisotopic (exact) mass is 339 g/mol. The highest BCUT2D eigenvalue weighted by Crippen LogP contribution is 2.37. The molecule has 0 atom stereocenters. The predicted molar refractivity (Wildman–Crippen MR) is 75.4 cm³/mol. The standard InChI is InChI=1S/C11H10BrN5O3/c1-6-3-2-4-7(9(6)17(18)19)20-11-8(12)10(16-13)14-5-15-11/h2-5H,13H2,1H3,(H,14,15,16). The quantitative estimate of drug-likeness (QED) is 0.499. The van der Waals surface area contributed by atoms with E-state index in [4.69, 9.17) is 10.6 Å². The van der Waals surface area contributed by atoms with Gasteiger partial charge in [-0.25, -0.2) is 15.8 Å². The van der Waals surface area contributed by atoms with Crippen molar-refractivity contribution in [1.29, 1.82) is 0 Å². The summed E-state index contributed by atoms with van der Waals surface area (Å²) in [5.41, 5.74) is 2.74. The second kappa shape index (κ2) is 5.80. The molecule has 2 rings (SSSR count). The normalized spacial score (nSPS) is 10.2. The van der Waals surface area contributed by atoms with Crippen LogP contribution in [-0.2, 0) is 0 Å². The summed E-state index contributed by atoms with van der Waals surface area (Å²) in [5, 5.41) is 11.1. The number of hydrogen-bond acceptors (Lipinski definition) is 7. The molecular weight excluding hydrogens is 330 g/mol. The second-order valence-electron chi connectivity index (χ2n) is 3.77. The van der Waals surface area contributed by atoms with E-state index in [2.05, 4.69) is 31.3 Å². The van der Waals surface area contributed by atoms with Gasteiger partial charge in [0, 0.05) is 5.56 Å². The highest BCUT2D eigenvalue weighted by molar-refractivity contribution is 9.10. The molecule has 0 radical (unpaired) electrons. The number of nitrogens with two attached hydrogens (primary N) is 1. The molecule has 0 aliphatic rings. The number of nitro benzene ring substituents is 1. The number of aryl methyl sites for hydroxylation is 1. The molecule has 0 bridgehead atoms. The maximum absolute atomic E-state index is 11.1. The van der Waals surface area contributed by atoms with Crippen molar-refractivity contribution in [3.8, 4) is 11.6 Å². The van der Waals surface area contributed by atoms with Gasteiger partial charge in [0.15, 0.2) is 5.82 Å². The minimum absolute atomic E-state index is 0.0948. The third-order valence-corrected chi connectivity index (χ3v) is 3.20. The van der Waals surface area contributed by atoms with Crippen LogP contribution in [0.3, 0.4) is 0 Å². The van der Waals surface area contributed by atoms with Crippen molar-refractivity contribution >= 4 is 27.4 Å². The van der Waals surface area contributed by atoms with Crippen LogP contribution in [0.1, 0.15) is 5.56 Å². The summed E-state index contributed by atoms with van der Waals surface area (Å²) in [5.74, 6) is 5.81. The van der Waals surface area contributed by atoms with Crippen LogP contribution in [0.4, 0.5) is 11.5 Å². The molecule has 8 nitrogen and oxygen atoms in total. The van der Waals surface area contributed by atoms with Crippen molar-refractivity contribution in [2.75, 3.05) is 5.43 Å². The second-order valence-corrected chi connectivity index (χ2v) is 4.56. The molecular formula is C11H10BrN5O3. The Morgan fingerprint density at radius 2 is 2.20 bits per heavy atom. The number of anilines is 1. The van der Waals surface area contributed by atoms with Gasteiger partial charge in [0.05, 0.1) is 4.92 Å². The van der Waals surface area contributed by atoms with Gasteiger partial charge in [-0.2, -0.15) is 0 Å². The largest absolute Gasteiger partial charge is 0.430 e. The van der Waals surface area contributed by atoms with Gasteiger partial charge in [0.2, 0.25) is 11.6 Å². The minimum atomic E-state index is -0.498. The van der Waals surface area contributed by atoms with Gasteiger partial charge in [-0.05, 0) is 28.9 Å². The number of nitrogens with one attached hydrogen (secondary N) is 1. The summed E-state index contributed by atoms with van der Waals surface area (Å²) in [6.45, 7) is 1.63. The summed E-state index contributed by atoms with van der Waals surface area (Å²) < 4.78 is 5.86. The van der Waals surface area contributed by atoms with Gasteiger partial charge < -0.3 is 10.2 Å². The zero-order valence-corrected chi connectivity index (χ0v) is 11.9. The van der Waals surface area contributed by atoms with Crippen LogP contribution in [0.5, 0.6) is 11.6 Å². The van der Waals surface area contributed by atoms with Crippen molar-refractivity contribution in [3.05, 3.63) is 44.7 Å². The lowest BCUT2D eigenvalue weighted by molar-refractivity contribution is -0.386. The molecule has 0 saturated heterocycles. The number of nitrogen functional groups attached to an aromatic ring is 1. The molecule has 1 aromatic heterocycles. The first-order valence-corrected chi connectivity index (χ1v) is 6.23. The van der Waals surface area contributed by atoms with Gasteiger partial charge in [-0.1, -0.05) is 12.1 Å². The van der Waals surface area contributed by atoms with Crippen LogP contribution < -0.4 is 16.0 Å². The maximum atomic E-state index is 11.1. The first-order chi connectivity index (χ1) is 9.54. The summed E-state index contributed by atoms with van der Waals surface area (Å²) in [7, 11) is 0. The van der Waals surface area contributed by atoms with E-state index in [1.54, 1.807) is 19.1 Å². The number of rotatable bonds is 4. The fourth-order valence-electron chi connectivity index (χ4n) is 1.58. The smallest absolute Gasteiger partial charge is 0.314 e. The Morgan fingerprint density at radius 1 is 1.45 bits per heavy atom. The number of aromatic nitrogens is 2. The van der Waals surface area contributed by atoms with Gasteiger partial charge in [-0.15, -0.1) is 0 Å². The molecule has 20 heavy (non-hydrogen) atoms. The number of ether oxygens (including phenoxy) is 1. The predicted octanol–water partition coefficient (Wildman–Crippen LogP) is 2.53. The van der Waals surface area contributed by atoms with Crippen molar-refractivity contribution in [1.82, 2.24) is 9.97 Å². The third kappa shape index (κ3) is 2.68. The Kier molecular flexibility index (Phi) is 4.11. The number of hydrazine groups is 1. The maximum Gasteiger partial charge on any atom is 0.314 e. The third-order valence-electron chi connectivity index (χ3n) is 2.48. The molecule has 2 aromatic rings. The Bertz CT molecular complexity index is 665. The number of nitro groups is 1. The topological polar surface area (TPSA) is 116 Å². The first kappa shape index (κ1) is 14.2. The molecule has 0 aliphatic carbocycles. The van der Waals surface area contributed by atoms with Crippen LogP contribution >= 0.6 is 15.9 Å². The number of para-hydroxylation sites is 1. The molecule has 3 N–H and O–H groups in total. The summed E-state index contributed by atoms with van der Waals surface area (Å²) >= 11 is 3.22. The molecule has 0 saturated carbocycles. The average Bonchev–Trinajstić information content (AvgIpc) is 2.41. The SMILES string of the molecule is Cc1cccc(Oc2ncnc(NN)c2Br)c1[N+](=O)[O-]. The Labute approximate surface area is 122 Å². The average molecular weight is 340 g/mol. The molecule has 0 aliphatic heterocycles. The zero-order chi connectivity index (χ0) is 14.7. The number of benzene rings is 1. The van der Waals surface area contributed by atoms with E-state index in [1.165, 1.54) is 12.4 Å². The number of nitrogens with zero attached hydrogens (tertiary/aromatic N) is 3. The van der Waals surface area contributed by atoms with Crippen molar-refractivity contribution < 1.29 is 9.66 Å². The Morgan fingerprint density at radius 3 is 2.85 bits per heavy atom. The molecule has 0 fully saturated rings. The van der Waals surface area contributed by atoms with Crippen LogP contribution in [0.2, 0.25) is 0 Å². The highest BCUT2D eigenvalue weighted by atomic mass is 79.9. The summed E-state index contributed by atoms with van der Waals surface area (Å²) in [6, 6.07) is 4.79. The Balaban J connectivity index is 2.46. The van der Waals surface area contributed by atoms with E-state index < -0.39 is 4.92 Å². The fourth-order valence-corrected chi connectivity index (χ4v) is 1.98. The lowest BCUT2D eigenvalue weighted by Crippen LogP contribution is -2.10. The van der Waals surface area contributed by atoms with E-state index in [0.717, 1.165) is 0 Å². The van der Waals surface area contributed by atoms with Crippen LogP contribution in [-0.4, -0.2) is 14.9 Å². The van der Waals surface area contributed by atoms with E-state index in [1.807, 2.05) is 0 Å². The molecule has 1 aromatic carbocycles. The molecule has 0 spiro atoms. The summed E-state index contributed by atoms with van der Waals surface area (Å²) in [6.07, 6.45) is 1.23. The molecule has 1 heterocycles. The van der Waals surface area contributed by atoms with Crippen molar-refractivity contribution in [3.63, 3.8) is 0 Å². The van der Waals surface area contributed by atoms with E-state index in [0.29, 0.717) is 15.9 Å². The van der Waals surface area contributed by atoms with E-state index >= 15 is 0 Å². The van der Waals surface area contributed by atoms with Gasteiger partial charge in [0.25, 0.3) is 0 Å². The number of halogens is 1. The molecule has 0 amide bonds. The zero-order valence-electron chi connectivity index (χ0n) is 10.3. The van der Waals surface area contributed by atoms with Crippen molar-refractivity contribution in [2.45, 2.75) is 6.92 Å². The lowest BCUT2D eigenvalue weighted by atomic mass is 10.2. The first-order valence-electron chi connectivity index (χ1n) is 5.43. The van der Waals surface area contributed by atoms with Gasteiger partial charge in [-0.3, -0.25) is 10.1 Å². The highest BCUT2D eigenvalue weighted by Gasteiger charge is 2.20. The number of hydrogen-bond donors (Lipinski definition) is 2. The molecule has 104 valence electrons. The molecule has 9 heteroatoms. The molecule has 0 unspecified atom stereocenters. The van der Waals surface area contributed by atoms with E-state index in [9.17, 15) is 10.1 Å². The van der Waals surface area contributed by atoms with Crippen LogP contribution in [0.25, 0.3) is 0 Å². The van der Waals surface area contributed by atoms with Crippen LogP contribution in [0.15, 0.2) is 29.0 Å². The fraction of sp³-hybridized carbons (Fsp3) is 0.0909.